The van der Waals surface area contributed by atoms with Crippen LogP contribution < -0.4 is 5.32 Å². The lowest BCUT2D eigenvalue weighted by molar-refractivity contribution is 0.0593. The number of aromatic nitrogens is 2. The summed E-state index contributed by atoms with van der Waals surface area (Å²) in [6.45, 7) is 5.16. The Morgan fingerprint density at radius 2 is 2.16 bits per heavy atom. The second-order valence-electron chi connectivity index (χ2n) is 5.12. The van der Waals surface area contributed by atoms with Crippen molar-refractivity contribution in [1.29, 1.82) is 0 Å². The lowest BCUT2D eigenvalue weighted by Gasteiger charge is -2.24. The predicted molar refractivity (Wildman–Crippen MR) is 72.0 cm³/mol. The quantitative estimate of drug-likeness (QED) is 0.728. The maximum atomic E-state index is 11.2. The van der Waals surface area contributed by atoms with Crippen LogP contribution in [0.15, 0.2) is 12.4 Å². The lowest BCUT2D eigenvalue weighted by Crippen LogP contribution is -2.24. The molecule has 0 saturated carbocycles. The van der Waals surface area contributed by atoms with E-state index in [-0.39, 0.29) is 17.7 Å². The Labute approximate surface area is 113 Å². The largest absolute Gasteiger partial charge is 0.464 e. The molecule has 19 heavy (non-hydrogen) atoms. The molecule has 0 saturated heterocycles. The highest BCUT2D eigenvalue weighted by molar-refractivity contribution is 5.86. The Balaban J connectivity index is 2.52. The van der Waals surface area contributed by atoms with Gasteiger partial charge >= 0.3 is 5.97 Å². The summed E-state index contributed by atoms with van der Waals surface area (Å²) in [6.07, 6.45) is 4.59. The minimum absolute atomic E-state index is 0.0609. The van der Waals surface area contributed by atoms with Crippen molar-refractivity contribution in [1.82, 2.24) is 9.97 Å². The Morgan fingerprint density at radius 1 is 1.42 bits per heavy atom. The molecule has 0 amide bonds. The fourth-order valence-electron chi connectivity index (χ4n) is 1.61. The summed E-state index contributed by atoms with van der Waals surface area (Å²) in [7, 11) is 1.31. The van der Waals surface area contributed by atoms with Crippen molar-refractivity contribution in [3.8, 4) is 0 Å². The molecule has 6 heteroatoms. The average molecular weight is 267 g/mol. The number of rotatable bonds is 7. The number of nitrogens with zero attached hydrogens (tertiary/aromatic N) is 2. The first kappa shape index (κ1) is 15.4. The van der Waals surface area contributed by atoms with Crippen LogP contribution in [0.2, 0.25) is 0 Å². The maximum absolute atomic E-state index is 11.2. The van der Waals surface area contributed by atoms with Crippen molar-refractivity contribution in [2.45, 2.75) is 26.7 Å². The van der Waals surface area contributed by atoms with Crippen molar-refractivity contribution >= 4 is 11.8 Å². The lowest BCUT2D eigenvalue weighted by atomic mass is 9.88. The van der Waals surface area contributed by atoms with Gasteiger partial charge < -0.3 is 15.2 Å². The van der Waals surface area contributed by atoms with Gasteiger partial charge in [-0.05, 0) is 18.3 Å². The minimum atomic E-state index is -0.498. The number of hydrogen-bond donors (Lipinski definition) is 2. The zero-order chi connectivity index (χ0) is 14.3. The number of anilines is 1. The van der Waals surface area contributed by atoms with Gasteiger partial charge in [0, 0.05) is 13.2 Å². The molecule has 0 unspecified atom stereocenters. The van der Waals surface area contributed by atoms with Crippen LogP contribution in [0.5, 0.6) is 0 Å². The van der Waals surface area contributed by atoms with Gasteiger partial charge in [0.05, 0.1) is 19.5 Å². The van der Waals surface area contributed by atoms with E-state index in [0.29, 0.717) is 5.82 Å². The summed E-state index contributed by atoms with van der Waals surface area (Å²) < 4.78 is 4.55. The molecule has 106 valence electrons. The van der Waals surface area contributed by atoms with Crippen LogP contribution in [-0.2, 0) is 4.74 Å². The van der Waals surface area contributed by atoms with E-state index in [1.54, 1.807) is 0 Å². The monoisotopic (exact) mass is 267 g/mol. The first-order valence-corrected chi connectivity index (χ1v) is 6.23. The highest BCUT2D eigenvalue weighted by Gasteiger charge is 2.17. The smallest absolute Gasteiger partial charge is 0.358 e. The number of esters is 1. The second kappa shape index (κ2) is 7.04. The minimum Gasteiger partial charge on any atom is -0.464 e. The molecule has 0 aliphatic rings. The summed E-state index contributed by atoms with van der Waals surface area (Å²) in [4.78, 5) is 19.3. The van der Waals surface area contributed by atoms with Crippen molar-refractivity contribution in [3.05, 3.63) is 18.1 Å². The summed E-state index contributed by atoms with van der Waals surface area (Å²) >= 11 is 0. The number of aliphatic hydroxyl groups excluding tert-OH is 1. The van der Waals surface area contributed by atoms with Crippen LogP contribution in [0.1, 0.15) is 37.2 Å². The van der Waals surface area contributed by atoms with Crippen LogP contribution >= 0.6 is 0 Å². The van der Waals surface area contributed by atoms with Gasteiger partial charge in [0.1, 0.15) is 5.82 Å². The van der Waals surface area contributed by atoms with Crippen molar-refractivity contribution in [3.63, 3.8) is 0 Å². The van der Waals surface area contributed by atoms with Crippen LogP contribution in [-0.4, -0.2) is 41.3 Å². The zero-order valence-corrected chi connectivity index (χ0v) is 11.6. The fourth-order valence-corrected chi connectivity index (χ4v) is 1.61. The molecule has 0 atom stereocenters. The van der Waals surface area contributed by atoms with Crippen molar-refractivity contribution in [2.75, 3.05) is 25.6 Å². The number of aliphatic hydroxyl groups is 1. The van der Waals surface area contributed by atoms with Crippen molar-refractivity contribution < 1.29 is 14.6 Å². The summed E-state index contributed by atoms with van der Waals surface area (Å²) in [5, 5.41) is 12.0. The first-order valence-electron chi connectivity index (χ1n) is 6.23. The number of methoxy groups -OCH3 is 1. The van der Waals surface area contributed by atoms with Crippen LogP contribution in [0.4, 0.5) is 5.82 Å². The average Bonchev–Trinajstić information content (AvgIpc) is 2.43. The van der Waals surface area contributed by atoms with Gasteiger partial charge in [0.15, 0.2) is 5.69 Å². The third-order valence-corrected chi connectivity index (χ3v) is 2.81. The van der Waals surface area contributed by atoms with E-state index in [9.17, 15) is 4.79 Å². The molecular formula is C13H21N3O3. The topological polar surface area (TPSA) is 84.3 Å². The van der Waals surface area contributed by atoms with Crippen LogP contribution in [0.25, 0.3) is 0 Å². The molecule has 1 rings (SSSR count). The molecule has 2 N–H and O–H groups in total. The number of hydrogen-bond acceptors (Lipinski definition) is 6. The number of carbonyl (C=O) groups excluding carboxylic acids is 1. The third-order valence-electron chi connectivity index (χ3n) is 2.81. The number of ether oxygens (including phenoxy) is 1. The molecule has 0 spiro atoms. The zero-order valence-electron chi connectivity index (χ0n) is 11.6. The van der Waals surface area contributed by atoms with Crippen LogP contribution in [0, 0.1) is 5.41 Å². The van der Waals surface area contributed by atoms with Gasteiger partial charge in [0.25, 0.3) is 0 Å². The van der Waals surface area contributed by atoms with Gasteiger partial charge in [-0.2, -0.15) is 0 Å². The highest BCUT2D eigenvalue weighted by atomic mass is 16.5. The van der Waals surface area contributed by atoms with Crippen LogP contribution in [0.3, 0.4) is 0 Å². The third kappa shape index (κ3) is 5.21. The van der Waals surface area contributed by atoms with Gasteiger partial charge in [-0.25, -0.2) is 14.8 Å². The van der Waals surface area contributed by atoms with E-state index in [2.05, 4.69) is 33.9 Å². The second-order valence-corrected chi connectivity index (χ2v) is 5.12. The van der Waals surface area contributed by atoms with E-state index in [4.69, 9.17) is 5.11 Å². The molecule has 0 fully saturated rings. The first-order chi connectivity index (χ1) is 8.98. The Kier molecular flexibility index (Phi) is 5.69. The van der Waals surface area contributed by atoms with Gasteiger partial charge in [-0.15, -0.1) is 0 Å². The summed E-state index contributed by atoms with van der Waals surface area (Å²) in [5.41, 5.74) is 0.249. The number of carbonyl (C=O) groups is 1. The summed E-state index contributed by atoms with van der Waals surface area (Å²) in [6, 6.07) is 0. The Hall–Kier alpha value is -1.69. The maximum Gasteiger partial charge on any atom is 0.358 e. The molecule has 0 radical (unpaired) electrons. The normalized spacial score (nSPS) is 11.2. The van der Waals surface area contributed by atoms with Crippen molar-refractivity contribution in [2.24, 2.45) is 5.41 Å². The number of nitrogens with one attached hydrogen (secondary N) is 1. The standard InChI is InChI=1S/C13H21N3O3/c1-13(2,5-4-6-17)9-16-11-8-14-10(7-15-11)12(18)19-3/h7-8,17H,4-6,9H2,1-3H3,(H,15,16). The molecule has 0 bridgehead atoms. The van der Waals surface area contributed by atoms with E-state index in [0.717, 1.165) is 19.4 Å². The van der Waals surface area contributed by atoms with E-state index in [1.807, 2.05) is 0 Å². The van der Waals surface area contributed by atoms with Gasteiger partial charge in [0.2, 0.25) is 0 Å². The van der Waals surface area contributed by atoms with E-state index < -0.39 is 5.97 Å². The summed E-state index contributed by atoms with van der Waals surface area (Å²) in [5.74, 6) is 0.118. The molecular weight excluding hydrogens is 246 g/mol. The molecule has 6 nitrogen and oxygen atoms in total. The predicted octanol–water partition coefficient (Wildman–Crippen LogP) is 1.47. The molecule has 1 aromatic rings. The Bertz CT molecular complexity index is 404. The van der Waals surface area contributed by atoms with Gasteiger partial charge in [-0.3, -0.25) is 0 Å². The molecule has 1 aromatic heterocycles. The SMILES string of the molecule is COC(=O)c1cnc(NCC(C)(C)CCCO)cn1. The van der Waals surface area contributed by atoms with E-state index in [1.165, 1.54) is 19.5 Å². The molecule has 0 aliphatic heterocycles. The molecule has 1 heterocycles. The van der Waals surface area contributed by atoms with E-state index >= 15 is 0 Å². The molecule has 0 aromatic carbocycles. The Morgan fingerprint density at radius 3 is 2.68 bits per heavy atom. The fraction of sp³-hybridized carbons (Fsp3) is 0.615. The van der Waals surface area contributed by atoms with Gasteiger partial charge in [-0.1, -0.05) is 13.8 Å². The molecule has 0 aliphatic carbocycles. The highest BCUT2D eigenvalue weighted by Crippen LogP contribution is 2.22.